The fraction of sp³-hybridized carbons (Fsp3) is 0.375. The van der Waals surface area contributed by atoms with E-state index in [1.807, 2.05) is 12.1 Å². The standard InChI is InChI=1S/C24H28N4O5S/c1-27(19-7-3-4-8-19)24(31)26-34(32,33)20-12-10-17(11-13-20)14-15-25-23(30)28-16-18-6-2-5-9-21(18)22(28)29/h2,5-6,9-13,19H,3-4,7-8,14-16H2,1H3,(H,25,30)(H,26,31). The van der Waals surface area contributed by atoms with E-state index < -0.39 is 22.1 Å². The molecule has 0 saturated heterocycles. The van der Waals surface area contributed by atoms with Gasteiger partial charge in [0.2, 0.25) is 0 Å². The summed E-state index contributed by atoms with van der Waals surface area (Å²) in [6, 6.07) is 12.3. The highest BCUT2D eigenvalue weighted by Gasteiger charge is 2.31. The Hall–Kier alpha value is -3.40. The Kier molecular flexibility index (Phi) is 6.87. The number of carbonyl (C=O) groups is 3. The number of fused-ring (bicyclic) bond motifs is 1. The fourth-order valence-electron chi connectivity index (χ4n) is 4.37. The Morgan fingerprint density at radius 1 is 1.06 bits per heavy atom. The Morgan fingerprint density at radius 3 is 2.41 bits per heavy atom. The number of urea groups is 2. The first-order valence-electron chi connectivity index (χ1n) is 11.3. The number of hydrogen-bond acceptors (Lipinski definition) is 5. The van der Waals surface area contributed by atoms with Crippen molar-refractivity contribution >= 4 is 28.0 Å². The van der Waals surface area contributed by atoms with Gasteiger partial charge in [-0.15, -0.1) is 0 Å². The molecule has 0 bridgehead atoms. The van der Waals surface area contributed by atoms with Crippen LogP contribution in [0, 0.1) is 0 Å². The Morgan fingerprint density at radius 2 is 1.74 bits per heavy atom. The van der Waals surface area contributed by atoms with Gasteiger partial charge in [-0.1, -0.05) is 43.2 Å². The summed E-state index contributed by atoms with van der Waals surface area (Å²) in [5.41, 5.74) is 2.17. The van der Waals surface area contributed by atoms with Gasteiger partial charge in [-0.2, -0.15) is 0 Å². The maximum Gasteiger partial charge on any atom is 0.331 e. The zero-order chi connectivity index (χ0) is 24.3. The van der Waals surface area contributed by atoms with E-state index in [4.69, 9.17) is 0 Å². The number of imide groups is 1. The number of rotatable bonds is 6. The number of sulfonamides is 1. The molecule has 5 amide bonds. The quantitative estimate of drug-likeness (QED) is 0.654. The lowest BCUT2D eigenvalue weighted by Gasteiger charge is -2.24. The van der Waals surface area contributed by atoms with Crippen molar-refractivity contribution < 1.29 is 22.8 Å². The molecule has 0 aromatic heterocycles. The molecule has 2 aliphatic rings. The van der Waals surface area contributed by atoms with Crippen LogP contribution in [0.4, 0.5) is 9.59 Å². The SMILES string of the molecule is CN(C(=O)NS(=O)(=O)c1ccc(CCNC(=O)N2Cc3ccccc3C2=O)cc1)C1CCCC1. The van der Waals surface area contributed by atoms with Crippen molar-refractivity contribution in [3.05, 3.63) is 65.2 Å². The number of amides is 5. The van der Waals surface area contributed by atoms with Crippen molar-refractivity contribution in [2.75, 3.05) is 13.6 Å². The molecular formula is C24H28N4O5S. The van der Waals surface area contributed by atoms with Crippen molar-refractivity contribution in [3.8, 4) is 0 Å². The van der Waals surface area contributed by atoms with Crippen LogP contribution in [0.1, 0.15) is 47.2 Å². The van der Waals surface area contributed by atoms with Gasteiger partial charge < -0.3 is 10.2 Å². The molecule has 2 aromatic rings. The van der Waals surface area contributed by atoms with Crippen LogP contribution in [0.25, 0.3) is 0 Å². The molecule has 34 heavy (non-hydrogen) atoms. The molecule has 10 heteroatoms. The van der Waals surface area contributed by atoms with Gasteiger partial charge in [0, 0.05) is 25.2 Å². The van der Waals surface area contributed by atoms with Crippen molar-refractivity contribution in [2.24, 2.45) is 0 Å². The summed E-state index contributed by atoms with van der Waals surface area (Å²) in [5.74, 6) is -0.316. The zero-order valence-corrected chi connectivity index (χ0v) is 19.8. The van der Waals surface area contributed by atoms with E-state index in [9.17, 15) is 22.8 Å². The first kappa shape index (κ1) is 23.7. The predicted octanol–water partition coefficient (Wildman–Crippen LogP) is 2.87. The van der Waals surface area contributed by atoms with Gasteiger partial charge >= 0.3 is 12.1 Å². The molecular weight excluding hydrogens is 456 g/mol. The molecule has 0 spiro atoms. The maximum absolute atomic E-state index is 12.6. The summed E-state index contributed by atoms with van der Waals surface area (Å²) >= 11 is 0. The van der Waals surface area contributed by atoms with E-state index in [0.29, 0.717) is 12.0 Å². The third-order valence-corrected chi connectivity index (χ3v) is 7.74. The van der Waals surface area contributed by atoms with Crippen LogP contribution in [-0.2, 0) is 23.0 Å². The lowest BCUT2D eigenvalue weighted by Crippen LogP contribution is -2.44. The maximum atomic E-state index is 12.6. The Labute approximate surface area is 199 Å². The minimum atomic E-state index is -3.98. The normalized spacial score (nSPS) is 15.8. The zero-order valence-electron chi connectivity index (χ0n) is 19.0. The summed E-state index contributed by atoms with van der Waals surface area (Å²) in [6.07, 6.45) is 4.30. The number of benzene rings is 2. The average molecular weight is 485 g/mol. The van der Waals surface area contributed by atoms with Gasteiger partial charge in [0.05, 0.1) is 11.4 Å². The smallest absolute Gasteiger partial charge is 0.331 e. The van der Waals surface area contributed by atoms with Crippen molar-refractivity contribution in [2.45, 2.75) is 49.6 Å². The topological polar surface area (TPSA) is 116 Å². The molecule has 0 unspecified atom stereocenters. The third-order valence-electron chi connectivity index (χ3n) is 6.40. The van der Waals surface area contributed by atoms with E-state index in [0.717, 1.165) is 36.8 Å². The Bertz CT molecular complexity index is 1190. The van der Waals surface area contributed by atoms with Gasteiger partial charge in [-0.05, 0) is 48.6 Å². The van der Waals surface area contributed by atoms with Crippen LogP contribution < -0.4 is 10.0 Å². The minimum Gasteiger partial charge on any atom is -0.337 e. The number of carbonyl (C=O) groups excluding carboxylic acids is 3. The number of nitrogens with one attached hydrogen (secondary N) is 2. The molecule has 180 valence electrons. The van der Waals surface area contributed by atoms with Crippen LogP contribution in [0.3, 0.4) is 0 Å². The van der Waals surface area contributed by atoms with Crippen LogP contribution in [0.2, 0.25) is 0 Å². The summed E-state index contributed by atoms with van der Waals surface area (Å²) < 4.78 is 27.3. The van der Waals surface area contributed by atoms with E-state index >= 15 is 0 Å². The van der Waals surface area contributed by atoms with Crippen LogP contribution in [0.15, 0.2) is 53.4 Å². The third kappa shape index (κ3) is 5.06. The Balaban J connectivity index is 1.28. The molecule has 0 atom stereocenters. The van der Waals surface area contributed by atoms with Crippen molar-refractivity contribution in [1.82, 2.24) is 19.8 Å². The first-order chi connectivity index (χ1) is 16.3. The van der Waals surface area contributed by atoms with E-state index in [-0.39, 0.29) is 29.9 Å². The molecule has 4 rings (SSSR count). The second-order valence-corrected chi connectivity index (χ2v) is 10.3. The van der Waals surface area contributed by atoms with Crippen LogP contribution in [-0.4, -0.2) is 55.8 Å². The lowest BCUT2D eigenvalue weighted by atomic mass is 10.1. The highest BCUT2D eigenvalue weighted by atomic mass is 32.2. The summed E-state index contributed by atoms with van der Waals surface area (Å²) in [6.45, 7) is 0.531. The molecule has 1 aliphatic heterocycles. The van der Waals surface area contributed by atoms with Crippen molar-refractivity contribution in [3.63, 3.8) is 0 Å². The number of nitrogens with zero attached hydrogens (tertiary/aromatic N) is 2. The van der Waals surface area contributed by atoms with Crippen LogP contribution in [0.5, 0.6) is 0 Å². The molecule has 0 radical (unpaired) electrons. The minimum absolute atomic E-state index is 0.00566. The van der Waals surface area contributed by atoms with E-state index in [1.54, 1.807) is 31.3 Å². The monoisotopic (exact) mass is 484 g/mol. The summed E-state index contributed by atoms with van der Waals surface area (Å²) in [7, 11) is -2.37. The summed E-state index contributed by atoms with van der Waals surface area (Å²) in [4.78, 5) is 39.8. The van der Waals surface area contributed by atoms with E-state index in [2.05, 4.69) is 10.0 Å². The second-order valence-electron chi connectivity index (χ2n) is 8.63. The van der Waals surface area contributed by atoms with E-state index in [1.165, 1.54) is 21.9 Å². The highest BCUT2D eigenvalue weighted by molar-refractivity contribution is 7.90. The summed E-state index contributed by atoms with van der Waals surface area (Å²) in [5, 5.41) is 2.73. The van der Waals surface area contributed by atoms with Crippen molar-refractivity contribution in [1.29, 1.82) is 0 Å². The molecule has 2 aromatic carbocycles. The molecule has 9 nitrogen and oxygen atoms in total. The number of hydrogen-bond donors (Lipinski definition) is 2. The van der Waals surface area contributed by atoms with Gasteiger partial charge in [-0.3, -0.25) is 9.69 Å². The van der Waals surface area contributed by atoms with Crippen LogP contribution >= 0.6 is 0 Å². The molecule has 1 saturated carbocycles. The molecule has 1 fully saturated rings. The second kappa shape index (κ2) is 9.84. The fourth-order valence-corrected chi connectivity index (χ4v) is 5.35. The largest absolute Gasteiger partial charge is 0.337 e. The lowest BCUT2D eigenvalue weighted by molar-refractivity contribution is 0.0821. The first-order valence-corrected chi connectivity index (χ1v) is 12.8. The molecule has 2 N–H and O–H groups in total. The molecule has 1 aliphatic carbocycles. The van der Waals surface area contributed by atoms with Gasteiger partial charge in [0.25, 0.3) is 15.9 Å². The average Bonchev–Trinajstić information content (AvgIpc) is 3.47. The highest BCUT2D eigenvalue weighted by Crippen LogP contribution is 2.23. The molecule has 1 heterocycles. The van der Waals surface area contributed by atoms with Gasteiger partial charge in [0.15, 0.2) is 0 Å². The van der Waals surface area contributed by atoms with Gasteiger partial charge in [0.1, 0.15) is 0 Å². The van der Waals surface area contributed by atoms with Gasteiger partial charge in [-0.25, -0.2) is 22.7 Å². The predicted molar refractivity (Wildman–Crippen MR) is 126 cm³/mol.